The Bertz CT molecular complexity index is 712. The summed E-state index contributed by atoms with van der Waals surface area (Å²) in [4.78, 5) is 11.9. The molecule has 0 saturated carbocycles. The summed E-state index contributed by atoms with van der Waals surface area (Å²) in [5.74, 6) is -0.208. The van der Waals surface area contributed by atoms with E-state index in [1.54, 1.807) is 24.3 Å². The molecule has 2 N–H and O–H groups in total. The number of carbonyl (C=O) groups is 1. The zero-order valence-corrected chi connectivity index (χ0v) is 13.2. The van der Waals surface area contributed by atoms with Crippen LogP contribution < -0.4 is 10.6 Å². The number of para-hydroxylation sites is 1. The number of anilines is 2. The Kier molecular flexibility index (Phi) is 5.20. The van der Waals surface area contributed by atoms with E-state index in [2.05, 4.69) is 26.6 Å². The molecule has 0 unspecified atom stereocenters. The maximum absolute atomic E-state index is 11.9. The van der Waals surface area contributed by atoms with Gasteiger partial charge in [0.15, 0.2) is 0 Å². The maximum atomic E-state index is 11.9. The SMILES string of the molecule is N#Cc1ccc(Cl)c(NCC(=O)Nc2ccccc2Br)c1. The van der Waals surface area contributed by atoms with E-state index in [0.717, 1.165) is 4.47 Å². The minimum atomic E-state index is -0.208. The van der Waals surface area contributed by atoms with Crippen molar-refractivity contribution >= 4 is 44.8 Å². The second-order valence-corrected chi connectivity index (χ2v) is 5.45. The lowest BCUT2D eigenvalue weighted by atomic mass is 10.2. The normalized spacial score (nSPS) is 9.76. The van der Waals surface area contributed by atoms with E-state index in [1.165, 1.54) is 0 Å². The summed E-state index contributed by atoms with van der Waals surface area (Å²) in [7, 11) is 0. The quantitative estimate of drug-likeness (QED) is 0.861. The molecule has 0 atom stereocenters. The van der Waals surface area contributed by atoms with E-state index in [4.69, 9.17) is 16.9 Å². The first-order valence-corrected chi connectivity index (χ1v) is 7.25. The van der Waals surface area contributed by atoms with Crippen LogP contribution in [0.2, 0.25) is 5.02 Å². The van der Waals surface area contributed by atoms with Crippen LogP contribution in [0.1, 0.15) is 5.56 Å². The Morgan fingerprint density at radius 2 is 2.00 bits per heavy atom. The number of benzene rings is 2. The van der Waals surface area contributed by atoms with Crippen molar-refractivity contribution in [1.29, 1.82) is 5.26 Å². The highest BCUT2D eigenvalue weighted by atomic mass is 79.9. The Hall–Kier alpha value is -2.03. The lowest BCUT2D eigenvalue weighted by Crippen LogP contribution is -2.22. The van der Waals surface area contributed by atoms with Crippen molar-refractivity contribution in [1.82, 2.24) is 0 Å². The third-order valence-electron chi connectivity index (χ3n) is 2.68. The van der Waals surface area contributed by atoms with Gasteiger partial charge in [0.25, 0.3) is 0 Å². The predicted molar refractivity (Wildman–Crippen MR) is 87.4 cm³/mol. The highest BCUT2D eigenvalue weighted by molar-refractivity contribution is 9.10. The van der Waals surface area contributed by atoms with Crippen LogP contribution in [-0.4, -0.2) is 12.5 Å². The maximum Gasteiger partial charge on any atom is 0.243 e. The van der Waals surface area contributed by atoms with E-state index < -0.39 is 0 Å². The van der Waals surface area contributed by atoms with Gasteiger partial charge >= 0.3 is 0 Å². The summed E-state index contributed by atoms with van der Waals surface area (Å²) in [5.41, 5.74) is 1.73. The first-order valence-electron chi connectivity index (χ1n) is 6.08. The smallest absolute Gasteiger partial charge is 0.243 e. The standard InChI is InChI=1S/C15H11BrClN3O/c16-11-3-1-2-4-13(11)20-15(21)9-19-14-7-10(8-18)5-6-12(14)17/h1-7,19H,9H2,(H,20,21). The molecule has 6 heteroatoms. The molecule has 2 aromatic rings. The average Bonchev–Trinajstić information content (AvgIpc) is 2.49. The molecule has 0 aromatic heterocycles. The van der Waals surface area contributed by atoms with Crippen LogP contribution in [0.5, 0.6) is 0 Å². The molecule has 0 aliphatic rings. The van der Waals surface area contributed by atoms with E-state index >= 15 is 0 Å². The van der Waals surface area contributed by atoms with Gasteiger partial charge in [0.1, 0.15) is 0 Å². The van der Waals surface area contributed by atoms with Crippen LogP contribution in [0.25, 0.3) is 0 Å². The van der Waals surface area contributed by atoms with E-state index in [1.807, 2.05) is 24.3 Å². The van der Waals surface area contributed by atoms with Crippen LogP contribution in [0.4, 0.5) is 11.4 Å². The molecule has 2 rings (SSSR count). The number of carbonyl (C=O) groups excluding carboxylic acids is 1. The second-order valence-electron chi connectivity index (χ2n) is 4.19. The third kappa shape index (κ3) is 4.22. The monoisotopic (exact) mass is 363 g/mol. The Labute approximate surface area is 135 Å². The van der Waals surface area contributed by atoms with Gasteiger partial charge in [-0.25, -0.2) is 0 Å². The molecule has 21 heavy (non-hydrogen) atoms. The Morgan fingerprint density at radius 1 is 1.24 bits per heavy atom. The van der Waals surface area contributed by atoms with Gasteiger partial charge in [0, 0.05) is 4.47 Å². The topological polar surface area (TPSA) is 64.9 Å². The summed E-state index contributed by atoms with van der Waals surface area (Å²) in [6.07, 6.45) is 0. The largest absolute Gasteiger partial charge is 0.375 e. The van der Waals surface area contributed by atoms with Crippen molar-refractivity contribution in [2.45, 2.75) is 0 Å². The van der Waals surface area contributed by atoms with Gasteiger partial charge in [-0.15, -0.1) is 0 Å². The van der Waals surface area contributed by atoms with Crippen molar-refractivity contribution in [3.63, 3.8) is 0 Å². The zero-order valence-electron chi connectivity index (χ0n) is 10.9. The van der Waals surface area contributed by atoms with Crippen molar-refractivity contribution in [3.05, 3.63) is 57.5 Å². The predicted octanol–water partition coefficient (Wildman–Crippen LogP) is 4.02. The molecular weight excluding hydrogens is 354 g/mol. The van der Waals surface area contributed by atoms with Crippen LogP contribution in [0.3, 0.4) is 0 Å². The second kappa shape index (κ2) is 7.11. The molecule has 0 saturated heterocycles. The van der Waals surface area contributed by atoms with E-state index in [0.29, 0.717) is 22.0 Å². The van der Waals surface area contributed by atoms with Gasteiger partial charge in [0.05, 0.1) is 34.6 Å². The fourth-order valence-corrected chi connectivity index (χ4v) is 2.23. The number of nitriles is 1. The number of amides is 1. The first kappa shape index (κ1) is 15.4. The van der Waals surface area contributed by atoms with Crippen LogP contribution in [-0.2, 0) is 4.79 Å². The van der Waals surface area contributed by atoms with Gasteiger partial charge in [-0.1, -0.05) is 23.7 Å². The molecule has 2 aromatic carbocycles. The van der Waals surface area contributed by atoms with Gasteiger partial charge in [-0.05, 0) is 46.3 Å². The molecule has 0 aliphatic carbocycles. The molecule has 106 valence electrons. The molecule has 0 bridgehead atoms. The fraction of sp³-hybridized carbons (Fsp3) is 0.0667. The number of nitrogens with one attached hydrogen (secondary N) is 2. The van der Waals surface area contributed by atoms with Gasteiger partial charge in [0.2, 0.25) is 5.91 Å². The molecule has 0 radical (unpaired) electrons. The summed E-state index contributed by atoms with van der Waals surface area (Å²) < 4.78 is 0.808. The summed E-state index contributed by atoms with van der Waals surface area (Å²) in [6, 6.07) is 14.2. The van der Waals surface area contributed by atoms with E-state index in [-0.39, 0.29) is 12.5 Å². The first-order chi connectivity index (χ1) is 10.1. The third-order valence-corrected chi connectivity index (χ3v) is 3.70. The molecular formula is C15H11BrClN3O. The van der Waals surface area contributed by atoms with Crippen LogP contribution >= 0.6 is 27.5 Å². The lowest BCUT2D eigenvalue weighted by Gasteiger charge is -2.10. The molecule has 0 aliphatic heterocycles. The van der Waals surface area contributed by atoms with Crippen LogP contribution in [0, 0.1) is 11.3 Å². The molecule has 1 amide bonds. The average molecular weight is 365 g/mol. The highest BCUT2D eigenvalue weighted by Crippen LogP contribution is 2.23. The fourth-order valence-electron chi connectivity index (χ4n) is 1.66. The Balaban J connectivity index is 1.99. The molecule has 0 fully saturated rings. The number of hydrogen-bond donors (Lipinski definition) is 2. The van der Waals surface area contributed by atoms with E-state index in [9.17, 15) is 4.79 Å². The van der Waals surface area contributed by atoms with Gasteiger partial charge < -0.3 is 10.6 Å². The molecule has 4 nitrogen and oxygen atoms in total. The van der Waals surface area contributed by atoms with Crippen molar-refractivity contribution < 1.29 is 4.79 Å². The molecule has 0 heterocycles. The number of rotatable bonds is 4. The van der Waals surface area contributed by atoms with Gasteiger partial charge in [-0.3, -0.25) is 4.79 Å². The minimum Gasteiger partial charge on any atom is -0.375 e. The number of halogens is 2. The zero-order chi connectivity index (χ0) is 15.2. The highest BCUT2D eigenvalue weighted by Gasteiger charge is 2.07. The summed E-state index contributed by atoms with van der Waals surface area (Å²) in [5, 5.41) is 15.0. The van der Waals surface area contributed by atoms with Crippen molar-refractivity contribution in [2.24, 2.45) is 0 Å². The lowest BCUT2D eigenvalue weighted by molar-refractivity contribution is -0.114. The van der Waals surface area contributed by atoms with Gasteiger partial charge in [-0.2, -0.15) is 5.26 Å². The number of hydrogen-bond acceptors (Lipinski definition) is 3. The molecule has 0 spiro atoms. The van der Waals surface area contributed by atoms with Crippen molar-refractivity contribution in [2.75, 3.05) is 17.2 Å². The summed E-state index contributed by atoms with van der Waals surface area (Å²) in [6.45, 7) is 0.0515. The van der Waals surface area contributed by atoms with Crippen molar-refractivity contribution in [3.8, 4) is 6.07 Å². The summed E-state index contributed by atoms with van der Waals surface area (Å²) >= 11 is 9.37. The number of nitrogens with zero attached hydrogens (tertiary/aromatic N) is 1. The van der Waals surface area contributed by atoms with Crippen LogP contribution in [0.15, 0.2) is 46.9 Å². The minimum absolute atomic E-state index is 0.0515. The Morgan fingerprint density at radius 3 is 2.71 bits per heavy atom.